The summed E-state index contributed by atoms with van der Waals surface area (Å²) >= 11 is 0. The first-order valence-electron chi connectivity index (χ1n) is 6.83. The summed E-state index contributed by atoms with van der Waals surface area (Å²) in [6.07, 6.45) is 0. The van der Waals surface area contributed by atoms with Crippen LogP contribution in [-0.4, -0.2) is 25.1 Å². The molecule has 0 aromatic heterocycles. The molecule has 2 aromatic carbocycles. The van der Waals surface area contributed by atoms with E-state index in [1.807, 2.05) is 54.6 Å². The number of carbonyl (C=O) groups excluding carboxylic acids is 1. The van der Waals surface area contributed by atoms with Crippen molar-refractivity contribution in [3.63, 3.8) is 0 Å². The Morgan fingerprint density at radius 2 is 1.76 bits per heavy atom. The minimum atomic E-state index is -0.899. The first kappa shape index (κ1) is 15.1. The number of hydrogen-bond donors (Lipinski definition) is 2. The predicted octanol–water partition coefficient (Wildman–Crippen LogP) is 2.20. The maximum absolute atomic E-state index is 11.5. The smallest absolute Gasteiger partial charge is 0.240 e. The second kappa shape index (κ2) is 6.41. The Kier molecular flexibility index (Phi) is 4.60. The zero-order valence-electron chi connectivity index (χ0n) is 12.3. The zero-order valence-corrected chi connectivity index (χ0v) is 12.3. The van der Waals surface area contributed by atoms with Crippen molar-refractivity contribution < 1.29 is 9.53 Å². The summed E-state index contributed by atoms with van der Waals surface area (Å²) in [6.45, 7) is 1.89. The Balaban J connectivity index is 2.24. The fourth-order valence-electron chi connectivity index (χ4n) is 1.94. The SMILES string of the molecule is CNC(C)(COc1ccccc1-c1ccccc1)C(N)=O. The Hall–Kier alpha value is -2.33. The summed E-state index contributed by atoms with van der Waals surface area (Å²) in [5.41, 5.74) is 6.57. The van der Waals surface area contributed by atoms with Crippen molar-refractivity contribution in [3.05, 3.63) is 54.6 Å². The van der Waals surface area contributed by atoms with Crippen molar-refractivity contribution in [1.29, 1.82) is 0 Å². The van der Waals surface area contributed by atoms with Gasteiger partial charge in [0.1, 0.15) is 17.9 Å². The molecular weight excluding hydrogens is 264 g/mol. The molecule has 2 rings (SSSR count). The van der Waals surface area contributed by atoms with Crippen molar-refractivity contribution in [2.75, 3.05) is 13.7 Å². The number of nitrogens with two attached hydrogens (primary N) is 1. The van der Waals surface area contributed by atoms with Gasteiger partial charge >= 0.3 is 0 Å². The van der Waals surface area contributed by atoms with Crippen LogP contribution in [0.1, 0.15) is 6.92 Å². The molecule has 0 saturated carbocycles. The molecule has 21 heavy (non-hydrogen) atoms. The van der Waals surface area contributed by atoms with Gasteiger partial charge in [-0.2, -0.15) is 0 Å². The number of rotatable bonds is 6. The minimum absolute atomic E-state index is 0.169. The molecule has 0 saturated heterocycles. The normalized spacial score (nSPS) is 13.4. The van der Waals surface area contributed by atoms with E-state index < -0.39 is 11.4 Å². The van der Waals surface area contributed by atoms with E-state index in [2.05, 4.69) is 5.32 Å². The molecule has 4 nitrogen and oxygen atoms in total. The van der Waals surface area contributed by atoms with E-state index in [9.17, 15) is 4.79 Å². The molecule has 0 fully saturated rings. The van der Waals surface area contributed by atoms with Gasteiger partial charge in [-0.15, -0.1) is 0 Å². The number of primary amides is 1. The number of benzene rings is 2. The van der Waals surface area contributed by atoms with Gasteiger partial charge in [0, 0.05) is 5.56 Å². The summed E-state index contributed by atoms with van der Waals surface area (Å²) in [4.78, 5) is 11.5. The molecule has 4 heteroatoms. The summed E-state index contributed by atoms with van der Waals surface area (Å²) in [6, 6.07) is 17.7. The van der Waals surface area contributed by atoms with Gasteiger partial charge in [0.2, 0.25) is 5.91 Å². The summed E-state index contributed by atoms with van der Waals surface area (Å²) in [5, 5.41) is 2.91. The average molecular weight is 284 g/mol. The van der Waals surface area contributed by atoms with Crippen molar-refractivity contribution in [3.8, 4) is 16.9 Å². The molecule has 0 radical (unpaired) electrons. The van der Waals surface area contributed by atoms with Gasteiger partial charge in [-0.05, 0) is 25.6 Å². The van der Waals surface area contributed by atoms with Crippen LogP contribution >= 0.6 is 0 Å². The molecular formula is C17H20N2O2. The minimum Gasteiger partial charge on any atom is -0.490 e. The lowest BCUT2D eigenvalue weighted by Crippen LogP contribution is -2.55. The summed E-state index contributed by atoms with van der Waals surface area (Å²) in [5.74, 6) is 0.286. The predicted molar refractivity (Wildman–Crippen MR) is 84.0 cm³/mol. The van der Waals surface area contributed by atoms with Crippen LogP contribution < -0.4 is 15.8 Å². The Labute approximate surface area is 124 Å². The molecule has 0 heterocycles. The maximum atomic E-state index is 11.5. The maximum Gasteiger partial charge on any atom is 0.240 e. The van der Waals surface area contributed by atoms with E-state index in [-0.39, 0.29) is 6.61 Å². The summed E-state index contributed by atoms with van der Waals surface area (Å²) < 4.78 is 5.85. The molecule has 0 aliphatic carbocycles. The topological polar surface area (TPSA) is 64.3 Å². The first-order chi connectivity index (χ1) is 10.1. The number of likely N-dealkylation sites (N-methyl/N-ethyl adjacent to an activating group) is 1. The first-order valence-corrected chi connectivity index (χ1v) is 6.83. The van der Waals surface area contributed by atoms with Crippen molar-refractivity contribution >= 4 is 5.91 Å². The standard InChI is InChI=1S/C17H20N2O2/c1-17(19-2,16(18)20)12-21-15-11-7-6-10-14(15)13-8-4-3-5-9-13/h3-11,19H,12H2,1-2H3,(H2,18,20). The zero-order chi connectivity index (χ0) is 15.3. The Morgan fingerprint density at radius 3 is 2.38 bits per heavy atom. The molecule has 0 aliphatic heterocycles. The molecule has 1 atom stereocenters. The highest BCUT2D eigenvalue weighted by molar-refractivity contribution is 5.84. The highest BCUT2D eigenvalue weighted by atomic mass is 16.5. The summed E-state index contributed by atoms with van der Waals surface area (Å²) in [7, 11) is 1.69. The number of hydrogen-bond acceptors (Lipinski definition) is 3. The van der Waals surface area contributed by atoms with Gasteiger partial charge in [-0.1, -0.05) is 48.5 Å². The van der Waals surface area contributed by atoms with Crippen LogP contribution in [0.4, 0.5) is 0 Å². The largest absolute Gasteiger partial charge is 0.490 e. The van der Waals surface area contributed by atoms with Crippen molar-refractivity contribution in [1.82, 2.24) is 5.32 Å². The van der Waals surface area contributed by atoms with Gasteiger partial charge in [-0.3, -0.25) is 4.79 Å². The van der Waals surface area contributed by atoms with Gasteiger partial charge in [0.25, 0.3) is 0 Å². The second-order valence-electron chi connectivity index (χ2n) is 5.10. The highest BCUT2D eigenvalue weighted by Gasteiger charge is 2.30. The molecule has 2 aromatic rings. The second-order valence-corrected chi connectivity index (χ2v) is 5.10. The lowest BCUT2D eigenvalue weighted by Gasteiger charge is -2.26. The third-order valence-corrected chi connectivity index (χ3v) is 3.58. The number of carbonyl (C=O) groups is 1. The monoisotopic (exact) mass is 284 g/mol. The van der Waals surface area contributed by atoms with E-state index in [4.69, 9.17) is 10.5 Å². The van der Waals surface area contributed by atoms with Crippen LogP contribution in [0.15, 0.2) is 54.6 Å². The van der Waals surface area contributed by atoms with Crippen molar-refractivity contribution in [2.24, 2.45) is 5.73 Å². The lowest BCUT2D eigenvalue weighted by molar-refractivity contribution is -0.124. The van der Waals surface area contributed by atoms with E-state index in [1.54, 1.807) is 14.0 Å². The quantitative estimate of drug-likeness (QED) is 0.854. The fourth-order valence-corrected chi connectivity index (χ4v) is 1.94. The van der Waals surface area contributed by atoms with Crippen LogP contribution in [0.2, 0.25) is 0 Å². The molecule has 110 valence electrons. The number of ether oxygens (including phenoxy) is 1. The molecule has 1 amide bonds. The molecule has 0 aliphatic rings. The third kappa shape index (κ3) is 3.41. The van der Waals surface area contributed by atoms with E-state index in [1.165, 1.54) is 0 Å². The van der Waals surface area contributed by atoms with Crippen LogP contribution in [0, 0.1) is 0 Å². The molecule has 1 unspecified atom stereocenters. The molecule has 0 spiro atoms. The van der Waals surface area contributed by atoms with Crippen LogP contribution in [0.25, 0.3) is 11.1 Å². The van der Waals surface area contributed by atoms with Crippen molar-refractivity contribution in [2.45, 2.75) is 12.5 Å². The van der Waals surface area contributed by atoms with Gasteiger partial charge in [-0.25, -0.2) is 0 Å². The number of nitrogens with one attached hydrogen (secondary N) is 1. The molecule has 0 bridgehead atoms. The lowest BCUT2D eigenvalue weighted by atomic mass is 10.0. The Morgan fingerprint density at radius 1 is 1.14 bits per heavy atom. The van der Waals surface area contributed by atoms with Crippen LogP contribution in [0.3, 0.4) is 0 Å². The van der Waals surface area contributed by atoms with E-state index in [0.717, 1.165) is 16.9 Å². The molecule has 3 N–H and O–H groups in total. The number of amides is 1. The Bertz CT molecular complexity index is 613. The third-order valence-electron chi connectivity index (χ3n) is 3.58. The van der Waals surface area contributed by atoms with Gasteiger partial charge in [0.05, 0.1) is 0 Å². The van der Waals surface area contributed by atoms with E-state index in [0.29, 0.717) is 0 Å². The van der Waals surface area contributed by atoms with E-state index >= 15 is 0 Å². The van der Waals surface area contributed by atoms with Gasteiger partial charge < -0.3 is 15.8 Å². The fraction of sp³-hybridized carbons (Fsp3) is 0.235. The highest BCUT2D eigenvalue weighted by Crippen LogP contribution is 2.29. The number of para-hydroxylation sites is 1. The van der Waals surface area contributed by atoms with Crippen LogP contribution in [-0.2, 0) is 4.79 Å². The van der Waals surface area contributed by atoms with Gasteiger partial charge in [0.15, 0.2) is 0 Å². The van der Waals surface area contributed by atoms with Crippen LogP contribution in [0.5, 0.6) is 5.75 Å². The average Bonchev–Trinajstić information content (AvgIpc) is 2.53.